The van der Waals surface area contributed by atoms with Crippen LogP contribution in [0.25, 0.3) is 0 Å². The molecule has 0 radical (unpaired) electrons. The van der Waals surface area contributed by atoms with E-state index in [-0.39, 0.29) is 6.61 Å². The second kappa shape index (κ2) is 1.72. The van der Waals surface area contributed by atoms with Crippen LogP contribution in [-0.2, 0) is 9.53 Å². The summed E-state index contributed by atoms with van der Waals surface area (Å²) in [5, 5.41) is 17.1. The van der Waals surface area contributed by atoms with Gasteiger partial charge in [0.25, 0.3) is 0 Å². The molecule has 2 atom stereocenters. The minimum atomic E-state index is -1.32. The number of aliphatic hydroxyl groups excluding tert-OH is 2. The fraction of sp³-hybridized carbons (Fsp3) is 0.750. The molecule has 0 spiro atoms. The van der Waals surface area contributed by atoms with Gasteiger partial charge in [-0.05, 0) is 0 Å². The van der Waals surface area contributed by atoms with Crippen LogP contribution < -0.4 is 0 Å². The van der Waals surface area contributed by atoms with Crippen molar-refractivity contribution in [3.63, 3.8) is 0 Å². The van der Waals surface area contributed by atoms with Crippen LogP contribution in [0.4, 0.5) is 0 Å². The van der Waals surface area contributed by atoms with Crippen molar-refractivity contribution in [1.29, 1.82) is 0 Å². The Morgan fingerprint density at radius 2 is 2.25 bits per heavy atom. The maximum Gasteiger partial charge on any atom is 0.337 e. The lowest BCUT2D eigenvalue weighted by atomic mass is 10.3. The molecule has 0 bridgehead atoms. The average molecular weight is 118 g/mol. The van der Waals surface area contributed by atoms with E-state index in [1.807, 2.05) is 0 Å². The monoisotopic (exact) mass is 118 g/mol. The first-order valence-electron chi connectivity index (χ1n) is 2.24. The van der Waals surface area contributed by atoms with Crippen LogP contribution in [-0.4, -0.2) is 35.0 Å². The molecule has 1 fully saturated rings. The van der Waals surface area contributed by atoms with E-state index in [1.165, 1.54) is 0 Å². The zero-order valence-electron chi connectivity index (χ0n) is 4.07. The third kappa shape index (κ3) is 0.677. The van der Waals surface area contributed by atoms with E-state index < -0.39 is 18.2 Å². The number of ether oxygens (including phenoxy) is 1. The molecule has 1 heterocycles. The van der Waals surface area contributed by atoms with Gasteiger partial charge >= 0.3 is 5.97 Å². The van der Waals surface area contributed by atoms with Crippen molar-refractivity contribution in [2.45, 2.75) is 12.2 Å². The summed E-state index contributed by atoms with van der Waals surface area (Å²) in [6.45, 7) is -0.0833. The number of cyclic esters (lactones) is 1. The smallest absolute Gasteiger partial charge is 0.337 e. The Hall–Kier alpha value is -0.610. The number of aliphatic hydroxyl groups is 2. The summed E-state index contributed by atoms with van der Waals surface area (Å²) in [6, 6.07) is 0. The Morgan fingerprint density at radius 1 is 1.62 bits per heavy atom. The molecule has 0 saturated carbocycles. The summed E-state index contributed by atoms with van der Waals surface area (Å²) in [7, 11) is 0. The van der Waals surface area contributed by atoms with Gasteiger partial charge in [-0.3, -0.25) is 0 Å². The second-order valence-electron chi connectivity index (χ2n) is 1.64. The Labute approximate surface area is 45.7 Å². The van der Waals surface area contributed by atoms with Gasteiger partial charge in [-0.2, -0.15) is 0 Å². The Balaban J connectivity index is 2.56. The molecule has 0 unspecified atom stereocenters. The van der Waals surface area contributed by atoms with Gasteiger partial charge in [-0.25, -0.2) is 4.79 Å². The molecular formula is C4H6O4. The summed E-state index contributed by atoms with van der Waals surface area (Å²) in [5.74, 6) is -0.738. The fourth-order valence-electron chi connectivity index (χ4n) is 0.501. The fourth-order valence-corrected chi connectivity index (χ4v) is 0.501. The molecular weight excluding hydrogens is 112 g/mol. The van der Waals surface area contributed by atoms with Crippen molar-refractivity contribution in [3.05, 3.63) is 0 Å². The van der Waals surface area contributed by atoms with Crippen LogP contribution in [0.3, 0.4) is 0 Å². The van der Waals surface area contributed by atoms with Crippen molar-refractivity contribution in [2.24, 2.45) is 0 Å². The van der Waals surface area contributed by atoms with Crippen LogP contribution in [0.15, 0.2) is 0 Å². The van der Waals surface area contributed by atoms with E-state index in [0.717, 1.165) is 0 Å². The lowest BCUT2D eigenvalue weighted by molar-refractivity contribution is -0.145. The number of esters is 1. The van der Waals surface area contributed by atoms with Crippen LogP contribution >= 0.6 is 0 Å². The third-order valence-electron chi connectivity index (χ3n) is 1.00. The molecule has 0 aromatic heterocycles. The SMILES string of the molecule is O=C1OC[C@@H](O)[C@@H]1O. The molecule has 1 rings (SSSR count). The van der Waals surface area contributed by atoms with Crippen molar-refractivity contribution in [3.8, 4) is 0 Å². The van der Waals surface area contributed by atoms with Crippen LogP contribution in [0.2, 0.25) is 0 Å². The highest BCUT2D eigenvalue weighted by Crippen LogP contribution is 2.05. The van der Waals surface area contributed by atoms with Crippen LogP contribution in [0.5, 0.6) is 0 Å². The van der Waals surface area contributed by atoms with Crippen molar-refractivity contribution < 1.29 is 19.7 Å². The summed E-state index contributed by atoms with van der Waals surface area (Å²) in [6.07, 6.45) is -2.35. The van der Waals surface area contributed by atoms with Gasteiger partial charge in [0.2, 0.25) is 0 Å². The van der Waals surface area contributed by atoms with Crippen LogP contribution in [0.1, 0.15) is 0 Å². The van der Waals surface area contributed by atoms with Gasteiger partial charge in [0.1, 0.15) is 12.7 Å². The largest absolute Gasteiger partial charge is 0.461 e. The quantitative estimate of drug-likeness (QED) is 0.371. The normalized spacial score (nSPS) is 37.5. The van der Waals surface area contributed by atoms with E-state index in [9.17, 15) is 4.79 Å². The standard InChI is InChI=1S/C4H6O4/c5-2-1-8-4(7)3(2)6/h2-3,5-6H,1H2/t2-,3+/m1/s1. The maximum atomic E-state index is 10.2. The molecule has 0 aromatic carbocycles. The Kier molecular flexibility index (Phi) is 1.19. The van der Waals surface area contributed by atoms with E-state index in [1.54, 1.807) is 0 Å². The van der Waals surface area contributed by atoms with Crippen molar-refractivity contribution in [1.82, 2.24) is 0 Å². The first-order chi connectivity index (χ1) is 3.72. The predicted octanol–water partition coefficient (Wildman–Crippen LogP) is -1.74. The van der Waals surface area contributed by atoms with Gasteiger partial charge in [-0.1, -0.05) is 0 Å². The zero-order chi connectivity index (χ0) is 6.15. The summed E-state index contributed by atoms with van der Waals surface area (Å²) >= 11 is 0. The lowest BCUT2D eigenvalue weighted by Gasteiger charge is -1.97. The summed E-state index contributed by atoms with van der Waals surface area (Å²) in [5.41, 5.74) is 0. The molecule has 1 aliphatic rings. The van der Waals surface area contributed by atoms with E-state index in [2.05, 4.69) is 4.74 Å². The molecule has 0 aromatic rings. The minimum absolute atomic E-state index is 0.0833. The lowest BCUT2D eigenvalue weighted by Crippen LogP contribution is -2.25. The number of hydrogen-bond donors (Lipinski definition) is 2. The van der Waals surface area contributed by atoms with Gasteiger partial charge in [0.15, 0.2) is 6.10 Å². The van der Waals surface area contributed by atoms with Crippen molar-refractivity contribution in [2.75, 3.05) is 6.61 Å². The molecule has 4 nitrogen and oxygen atoms in total. The van der Waals surface area contributed by atoms with Crippen molar-refractivity contribution >= 4 is 5.97 Å². The van der Waals surface area contributed by atoms with E-state index in [0.29, 0.717) is 0 Å². The predicted molar refractivity (Wildman–Crippen MR) is 23.0 cm³/mol. The summed E-state index contributed by atoms with van der Waals surface area (Å²) < 4.78 is 4.24. The average Bonchev–Trinajstić information content (AvgIpc) is 1.98. The van der Waals surface area contributed by atoms with Gasteiger partial charge < -0.3 is 14.9 Å². The first kappa shape index (κ1) is 5.53. The highest BCUT2D eigenvalue weighted by molar-refractivity contribution is 5.77. The number of carbonyl (C=O) groups excluding carboxylic acids is 1. The number of hydrogen-bond acceptors (Lipinski definition) is 4. The minimum Gasteiger partial charge on any atom is -0.461 e. The van der Waals surface area contributed by atoms with Gasteiger partial charge in [-0.15, -0.1) is 0 Å². The topological polar surface area (TPSA) is 66.8 Å². The molecule has 1 aliphatic heterocycles. The molecule has 1 saturated heterocycles. The van der Waals surface area contributed by atoms with E-state index in [4.69, 9.17) is 10.2 Å². The Bertz CT molecular complexity index is 111. The molecule has 46 valence electrons. The maximum absolute atomic E-state index is 10.2. The van der Waals surface area contributed by atoms with Gasteiger partial charge in [0, 0.05) is 0 Å². The third-order valence-corrected chi connectivity index (χ3v) is 1.00. The highest BCUT2D eigenvalue weighted by atomic mass is 16.6. The van der Waals surface area contributed by atoms with E-state index >= 15 is 0 Å². The van der Waals surface area contributed by atoms with Crippen LogP contribution in [0, 0.1) is 0 Å². The molecule has 8 heavy (non-hydrogen) atoms. The molecule has 4 heteroatoms. The molecule has 0 amide bonds. The summed E-state index contributed by atoms with van der Waals surface area (Å²) in [4.78, 5) is 10.2. The number of rotatable bonds is 0. The molecule has 2 N–H and O–H groups in total. The van der Waals surface area contributed by atoms with Gasteiger partial charge in [0.05, 0.1) is 0 Å². The molecule has 0 aliphatic carbocycles. The second-order valence-corrected chi connectivity index (χ2v) is 1.64. The first-order valence-corrected chi connectivity index (χ1v) is 2.24. The number of carbonyl (C=O) groups is 1. The Morgan fingerprint density at radius 3 is 2.38 bits per heavy atom. The zero-order valence-corrected chi connectivity index (χ0v) is 4.07. The highest BCUT2D eigenvalue weighted by Gasteiger charge is 2.33.